The van der Waals surface area contributed by atoms with Gasteiger partial charge in [-0.25, -0.2) is 4.99 Å². The zero-order chi connectivity index (χ0) is 18.8. The number of aliphatic imine (C=N–C) groups is 1. The Labute approximate surface area is 177 Å². The molecule has 9 heteroatoms. The van der Waals surface area contributed by atoms with Gasteiger partial charge in [0.2, 0.25) is 5.91 Å². The van der Waals surface area contributed by atoms with Crippen molar-refractivity contribution in [1.82, 2.24) is 25.7 Å². The highest BCUT2D eigenvalue weighted by atomic mass is 127. The van der Waals surface area contributed by atoms with E-state index < -0.39 is 0 Å². The fourth-order valence-electron chi connectivity index (χ4n) is 2.48. The Kier molecular flexibility index (Phi) is 10.5. The number of aryl methyl sites for hydroxylation is 3. The molecule has 2 heterocycles. The Bertz CT molecular complexity index is 712. The van der Waals surface area contributed by atoms with Gasteiger partial charge in [0.25, 0.3) is 0 Å². The summed E-state index contributed by atoms with van der Waals surface area (Å²) in [5.41, 5.74) is 2.20. The summed E-state index contributed by atoms with van der Waals surface area (Å²) in [4.78, 5) is 16.2. The van der Waals surface area contributed by atoms with E-state index in [1.807, 2.05) is 24.6 Å². The molecule has 0 aromatic carbocycles. The number of nitrogens with one attached hydrogen (secondary N) is 3. The molecule has 0 unspecified atom stereocenters. The number of rotatable bonds is 9. The molecule has 0 saturated carbocycles. The second kappa shape index (κ2) is 12.4. The fourth-order valence-corrected chi connectivity index (χ4v) is 2.48. The number of hydrogen-bond donors (Lipinski definition) is 3. The van der Waals surface area contributed by atoms with Crippen LogP contribution in [0.15, 0.2) is 33.9 Å². The van der Waals surface area contributed by atoms with Gasteiger partial charge < -0.3 is 20.4 Å². The monoisotopic (exact) mass is 488 g/mol. The molecule has 1 amide bonds. The van der Waals surface area contributed by atoms with Crippen LogP contribution in [0.5, 0.6) is 0 Å². The van der Waals surface area contributed by atoms with E-state index in [4.69, 9.17) is 4.42 Å². The van der Waals surface area contributed by atoms with Gasteiger partial charge >= 0.3 is 0 Å². The van der Waals surface area contributed by atoms with Crippen LogP contribution in [0.25, 0.3) is 0 Å². The number of amides is 1. The average molecular weight is 488 g/mol. The number of nitrogens with zero attached hydrogens (tertiary/aromatic N) is 3. The van der Waals surface area contributed by atoms with Crippen molar-refractivity contribution in [3.8, 4) is 0 Å². The number of hydrogen-bond acceptors (Lipinski definition) is 4. The molecule has 0 aliphatic heterocycles. The first-order valence-corrected chi connectivity index (χ1v) is 8.90. The van der Waals surface area contributed by atoms with E-state index in [2.05, 4.69) is 39.0 Å². The van der Waals surface area contributed by atoms with E-state index >= 15 is 0 Å². The third-order valence-corrected chi connectivity index (χ3v) is 3.71. The Balaban J connectivity index is 0.00000364. The van der Waals surface area contributed by atoms with Gasteiger partial charge in [-0.1, -0.05) is 0 Å². The van der Waals surface area contributed by atoms with Crippen LogP contribution in [0.3, 0.4) is 0 Å². The van der Waals surface area contributed by atoms with E-state index in [0.717, 1.165) is 43.2 Å². The summed E-state index contributed by atoms with van der Waals surface area (Å²) in [7, 11) is 0. The van der Waals surface area contributed by atoms with Gasteiger partial charge in [-0.05, 0) is 45.4 Å². The standard InChI is InChI=1S/C18H28N6O2.HI/c1-4-19-18(20-8-6-9-24-15(3)11-14(2)23-24)22-13-17(25)21-12-16-7-5-10-26-16;/h5,7,10-11H,4,6,8-9,12-13H2,1-3H3,(H,21,25)(H2,19,20,22);1H. The third-order valence-electron chi connectivity index (χ3n) is 3.71. The van der Waals surface area contributed by atoms with Gasteiger partial charge in [-0.15, -0.1) is 24.0 Å². The molecule has 2 aromatic rings. The van der Waals surface area contributed by atoms with E-state index in [1.54, 1.807) is 12.3 Å². The Morgan fingerprint density at radius 2 is 2.11 bits per heavy atom. The predicted molar refractivity (Wildman–Crippen MR) is 116 cm³/mol. The predicted octanol–water partition coefficient (Wildman–Crippen LogP) is 1.97. The lowest BCUT2D eigenvalue weighted by molar-refractivity contribution is -0.119. The quantitative estimate of drug-likeness (QED) is 0.217. The molecule has 0 bridgehead atoms. The molecular formula is C18H29IN6O2. The van der Waals surface area contributed by atoms with Crippen molar-refractivity contribution >= 4 is 35.8 Å². The molecule has 2 aromatic heterocycles. The van der Waals surface area contributed by atoms with Gasteiger partial charge in [0.15, 0.2) is 5.96 Å². The molecule has 0 spiro atoms. The lowest BCUT2D eigenvalue weighted by atomic mass is 10.4. The molecule has 0 aliphatic carbocycles. The van der Waals surface area contributed by atoms with Crippen molar-refractivity contribution in [2.75, 3.05) is 19.6 Å². The first-order chi connectivity index (χ1) is 12.6. The number of furan rings is 1. The molecule has 0 saturated heterocycles. The highest BCUT2D eigenvalue weighted by Gasteiger charge is 2.04. The third kappa shape index (κ3) is 8.46. The van der Waals surface area contributed by atoms with Crippen LogP contribution in [-0.2, 0) is 17.9 Å². The minimum Gasteiger partial charge on any atom is -0.467 e. The second-order valence-electron chi connectivity index (χ2n) is 5.98. The van der Waals surface area contributed by atoms with Crippen LogP contribution in [0.4, 0.5) is 0 Å². The van der Waals surface area contributed by atoms with Gasteiger partial charge in [0.1, 0.15) is 12.3 Å². The van der Waals surface area contributed by atoms with Crippen LogP contribution >= 0.6 is 24.0 Å². The molecule has 3 N–H and O–H groups in total. The Morgan fingerprint density at radius 3 is 2.74 bits per heavy atom. The van der Waals surface area contributed by atoms with E-state index in [-0.39, 0.29) is 36.4 Å². The number of guanidine groups is 1. The summed E-state index contributed by atoms with van der Waals surface area (Å²) in [6, 6.07) is 5.68. The molecule has 150 valence electrons. The van der Waals surface area contributed by atoms with Crippen molar-refractivity contribution in [3.05, 3.63) is 41.6 Å². The van der Waals surface area contributed by atoms with Crippen LogP contribution in [0, 0.1) is 13.8 Å². The van der Waals surface area contributed by atoms with Crippen LogP contribution < -0.4 is 16.0 Å². The maximum atomic E-state index is 11.9. The van der Waals surface area contributed by atoms with Crippen LogP contribution in [0.2, 0.25) is 0 Å². The highest BCUT2D eigenvalue weighted by molar-refractivity contribution is 14.0. The zero-order valence-corrected chi connectivity index (χ0v) is 18.4. The maximum Gasteiger partial charge on any atom is 0.242 e. The topological polar surface area (TPSA) is 96.5 Å². The minimum atomic E-state index is -0.152. The zero-order valence-electron chi connectivity index (χ0n) is 16.1. The van der Waals surface area contributed by atoms with E-state index in [9.17, 15) is 4.79 Å². The number of carbonyl (C=O) groups excluding carboxylic acids is 1. The second-order valence-corrected chi connectivity index (χ2v) is 5.98. The summed E-state index contributed by atoms with van der Waals surface area (Å²) >= 11 is 0. The van der Waals surface area contributed by atoms with Crippen LogP contribution in [-0.4, -0.2) is 41.3 Å². The van der Waals surface area contributed by atoms with E-state index in [1.165, 1.54) is 0 Å². The summed E-state index contributed by atoms with van der Waals surface area (Å²) < 4.78 is 7.18. The normalized spacial score (nSPS) is 11.0. The first kappa shape index (κ1) is 23.0. The number of carbonyl (C=O) groups is 1. The lowest BCUT2D eigenvalue weighted by Gasteiger charge is -2.11. The van der Waals surface area contributed by atoms with E-state index in [0.29, 0.717) is 12.5 Å². The molecule has 0 atom stereocenters. The van der Waals surface area contributed by atoms with Crippen molar-refractivity contribution in [1.29, 1.82) is 0 Å². The van der Waals surface area contributed by atoms with Gasteiger partial charge in [0, 0.05) is 25.3 Å². The maximum absolute atomic E-state index is 11.9. The van der Waals surface area contributed by atoms with Crippen molar-refractivity contribution in [2.24, 2.45) is 4.99 Å². The summed E-state index contributed by atoms with van der Waals surface area (Å²) in [6.07, 6.45) is 2.50. The molecule has 0 radical (unpaired) electrons. The van der Waals surface area contributed by atoms with Crippen molar-refractivity contribution in [2.45, 2.75) is 40.3 Å². The average Bonchev–Trinajstić information content (AvgIpc) is 3.24. The first-order valence-electron chi connectivity index (χ1n) is 8.90. The molecule has 0 fully saturated rings. The summed E-state index contributed by atoms with van der Waals surface area (Å²) in [5, 5.41) is 13.6. The molecule has 0 aliphatic rings. The van der Waals surface area contributed by atoms with Gasteiger partial charge in [0.05, 0.1) is 18.5 Å². The SMILES string of the molecule is CCNC(=NCC(=O)NCc1ccco1)NCCCn1nc(C)cc1C.I. The molecule has 2 rings (SSSR count). The van der Waals surface area contributed by atoms with Gasteiger partial charge in [-0.2, -0.15) is 5.10 Å². The number of halogens is 1. The minimum absolute atomic E-state index is 0. The number of aromatic nitrogens is 2. The van der Waals surface area contributed by atoms with Crippen LogP contribution in [0.1, 0.15) is 30.5 Å². The Morgan fingerprint density at radius 1 is 1.30 bits per heavy atom. The largest absolute Gasteiger partial charge is 0.467 e. The highest BCUT2D eigenvalue weighted by Crippen LogP contribution is 2.02. The van der Waals surface area contributed by atoms with Crippen molar-refractivity contribution in [3.63, 3.8) is 0 Å². The molecule has 27 heavy (non-hydrogen) atoms. The summed E-state index contributed by atoms with van der Waals surface area (Å²) in [5.74, 6) is 1.20. The van der Waals surface area contributed by atoms with Crippen molar-refractivity contribution < 1.29 is 9.21 Å². The Hall–Kier alpha value is -2.04. The fraction of sp³-hybridized carbons (Fsp3) is 0.500. The summed E-state index contributed by atoms with van der Waals surface area (Å²) in [6.45, 7) is 8.80. The van der Waals surface area contributed by atoms with Gasteiger partial charge in [-0.3, -0.25) is 9.48 Å². The smallest absolute Gasteiger partial charge is 0.242 e. The molecular weight excluding hydrogens is 459 g/mol. The lowest BCUT2D eigenvalue weighted by Crippen LogP contribution is -2.39. The molecule has 8 nitrogen and oxygen atoms in total.